The van der Waals surface area contributed by atoms with Gasteiger partial charge in [-0.3, -0.25) is 14.4 Å². The highest BCUT2D eigenvalue weighted by Crippen LogP contribution is 2.60. The first-order valence-electron chi connectivity index (χ1n) is 16.9. The highest BCUT2D eigenvalue weighted by molar-refractivity contribution is 6.72. The van der Waals surface area contributed by atoms with Crippen molar-refractivity contribution >= 4 is 37.5 Å². The summed E-state index contributed by atoms with van der Waals surface area (Å²) in [6, 6.07) is 22.5. The van der Waals surface area contributed by atoms with E-state index in [0.717, 1.165) is 23.4 Å². The fourth-order valence-corrected chi connectivity index (χ4v) is 10.4. The molecule has 260 valence electrons. The number of benzene rings is 3. The average molecular weight is 689 g/mol. The van der Waals surface area contributed by atoms with Gasteiger partial charge in [0.15, 0.2) is 5.60 Å². The Balaban J connectivity index is 1.32. The summed E-state index contributed by atoms with van der Waals surface area (Å²) in [5, 5.41) is 12.9. The number of amides is 3. The molecule has 0 aliphatic carbocycles. The standard InChI is InChI=1S/C37H45FN4O6Si/c1-25-35(49(3,4)38)32(21-33(44)40(18-19-43)23-26-8-6-5-7-9-26)48-37(25)30-20-29(47-2)14-15-31(30)42(36(37)46)24-27-10-12-28(13-11-27)41-17-16-39-22-34(41)45/h5-15,20,25,32,35,39,43H,16-19,21-24H2,1-4H3/t25-,32+,35-,37+/m0/s1. The molecule has 2 fully saturated rings. The van der Waals surface area contributed by atoms with Gasteiger partial charge < -0.3 is 38.7 Å². The Kier molecular flexibility index (Phi) is 9.94. The van der Waals surface area contributed by atoms with E-state index < -0.39 is 31.6 Å². The Hall–Kier alpha value is -4.10. The first kappa shape index (κ1) is 34.7. The molecule has 3 heterocycles. The Morgan fingerprint density at radius 1 is 1.10 bits per heavy atom. The number of halogens is 1. The zero-order valence-electron chi connectivity index (χ0n) is 28.5. The second kappa shape index (κ2) is 14.0. The van der Waals surface area contributed by atoms with Crippen LogP contribution in [-0.2, 0) is 37.8 Å². The Labute approximate surface area is 288 Å². The lowest BCUT2D eigenvalue weighted by atomic mass is 9.82. The van der Waals surface area contributed by atoms with Crippen LogP contribution in [0.5, 0.6) is 5.75 Å². The predicted molar refractivity (Wildman–Crippen MR) is 187 cm³/mol. The third-order valence-electron chi connectivity index (χ3n) is 10.2. The molecule has 0 radical (unpaired) electrons. The minimum Gasteiger partial charge on any atom is -0.497 e. The lowest BCUT2D eigenvalue weighted by molar-refractivity contribution is -0.150. The number of hydrogen-bond donors (Lipinski definition) is 2. The quantitative estimate of drug-likeness (QED) is 0.228. The van der Waals surface area contributed by atoms with E-state index in [9.17, 15) is 19.5 Å². The van der Waals surface area contributed by atoms with Gasteiger partial charge in [-0.1, -0.05) is 49.4 Å². The van der Waals surface area contributed by atoms with Crippen LogP contribution in [0, 0.1) is 5.92 Å². The van der Waals surface area contributed by atoms with Crippen molar-refractivity contribution in [2.75, 3.05) is 49.7 Å². The lowest BCUT2D eigenvalue weighted by Crippen LogP contribution is -2.48. The van der Waals surface area contributed by atoms with E-state index in [1.165, 1.54) is 0 Å². The molecule has 0 unspecified atom stereocenters. The minimum absolute atomic E-state index is 0.00683. The van der Waals surface area contributed by atoms with Gasteiger partial charge in [0.1, 0.15) is 5.75 Å². The molecular weight excluding hydrogens is 644 g/mol. The van der Waals surface area contributed by atoms with Crippen molar-refractivity contribution in [3.63, 3.8) is 0 Å². The zero-order chi connectivity index (χ0) is 34.9. The van der Waals surface area contributed by atoms with Gasteiger partial charge in [-0.05, 0) is 54.6 Å². The maximum absolute atomic E-state index is 16.4. The van der Waals surface area contributed by atoms with Crippen LogP contribution in [0.15, 0.2) is 72.8 Å². The summed E-state index contributed by atoms with van der Waals surface area (Å²) >= 11 is 0. The molecule has 1 spiro atoms. The number of methoxy groups -OCH3 is 1. The number of hydrogen-bond acceptors (Lipinski definition) is 7. The molecule has 4 atom stereocenters. The van der Waals surface area contributed by atoms with Gasteiger partial charge in [0, 0.05) is 48.9 Å². The second-order valence-corrected chi connectivity index (χ2v) is 17.5. The summed E-state index contributed by atoms with van der Waals surface area (Å²) in [7, 11) is -1.97. The zero-order valence-corrected chi connectivity index (χ0v) is 29.5. The average Bonchev–Trinajstić information content (AvgIpc) is 3.51. The van der Waals surface area contributed by atoms with E-state index in [-0.39, 0.29) is 43.8 Å². The van der Waals surface area contributed by atoms with Crippen LogP contribution < -0.4 is 19.9 Å². The molecule has 12 heteroatoms. The fourth-order valence-electron chi connectivity index (χ4n) is 7.87. The molecule has 3 aromatic carbocycles. The summed E-state index contributed by atoms with van der Waals surface area (Å²) in [4.78, 5) is 46.1. The molecule has 3 aliphatic rings. The monoisotopic (exact) mass is 688 g/mol. The molecule has 10 nitrogen and oxygen atoms in total. The van der Waals surface area contributed by atoms with Crippen molar-refractivity contribution in [2.24, 2.45) is 5.92 Å². The van der Waals surface area contributed by atoms with Crippen LogP contribution in [-0.4, -0.2) is 82.1 Å². The van der Waals surface area contributed by atoms with Crippen molar-refractivity contribution in [1.29, 1.82) is 0 Å². The van der Waals surface area contributed by atoms with Crippen LogP contribution in [0.3, 0.4) is 0 Å². The van der Waals surface area contributed by atoms with Crippen LogP contribution in [0.2, 0.25) is 18.6 Å². The van der Waals surface area contributed by atoms with Gasteiger partial charge in [0.25, 0.3) is 5.91 Å². The number of fused-ring (bicyclic) bond motifs is 2. The van der Waals surface area contributed by atoms with E-state index in [4.69, 9.17) is 9.47 Å². The third kappa shape index (κ3) is 6.62. The van der Waals surface area contributed by atoms with Crippen LogP contribution in [0.1, 0.15) is 30.0 Å². The molecule has 2 N–H and O–H groups in total. The van der Waals surface area contributed by atoms with Gasteiger partial charge in [-0.25, -0.2) is 0 Å². The lowest BCUT2D eigenvalue weighted by Gasteiger charge is -2.31. The number of carbonyl (C=O) groups excluding carboxylic acids is 3. The second-order valence-electron chi connectivity index (χ2n) is 13.7. The van der Waals surface area contributed by atoms with E-state index in [0.29, 0.717) is 36.6 Å². The molecule has 0 bridgehead atoms. The molecule has 0 saturated carbocycles. The molecule has 3 amide bonds. The first-order chi connectivity index (χ1) is 23.5. The summed E-state index contributed by atoms with van der Waals surface area (Å²) in [5.41, 5.74) is 1.62. The smallest absolute Gasteiger partial charge is 0.264 e. The first-order valence-corrected chi connectivity index (χ1v) is 19.8. The highest BCUT2D eigenvalue weighted by Gasteiger charge is 2.67. The van der Waals surface area contributed by atoms with E-state index in [1.807, 2.05) is 67.6 Å². The Morgan fingerprint density at radius 2 is 1.84 bits per heavy atom. The molecule has 0 aromatic heterocycles. The largest absolute Gasteiger partial charge is 0.497 e. The van der Waals surface area contributed by atoms with Crippen LogP contribution in [0.25, 0.3) is 0 Å². The van der Waals surface area contributed by atoms with Crippen molar-refractivity contribution in [3.05, 3.63) is 89.5 Å². The summed E-state index contributed by atoms with van der Waals surface area (Å²) in [6.45, 7) is 7.11. The van der Waals surface area contributed by atoms with Crippen molar-refractivity contribution in [3.8, 4) is 5.75 Å². The minimum atomic E-state index is -3.52. The number of aliphatic hydroxyl groups excluding tert-OH is 1. The number of nitrogens with one attached hydrogen (secondary N) is 1. The normalized spacial score (nSPS) is 23.7. The van der Waals surface area contributed by atoms with Crippen molar-refractivity contribution in [2.45, 2.75) is 56.8 Å². The number of piperazine rings is 1. The van der Waals surface area contributed by atoms with Crippen molar-refractivity contribution < 1.29 is 33.1 Å². The molecule has 3 aromatic rings. The number of carbonyl (C=O) groups is 3. The summed E-state index contributed by atoms with van der Waals surface area (Å²) < 4.78 is 28.8. The van der Waals surface area contributed by atoms with E-state index in [1.54, 1.807) is 47.0 Å². The SMILES string of the molecule is COc1ccc2c(c1)[C@@]1(O[C@H](CC(=O)N(CCO)Cc3ccccc3)[C@@H]([Si](C)(C)F)[C@@H]1C)C(=O)N2Cc1ccc(N2CCNCC2=O)cc1. The number of rotatable bonds is 11. The van der Waals surface area contributed by atoms with Gasteiger partial charge in [-0.15, -0.1) is 0 Å². The van der Waals surface area contributed by atoms with Gasteiger partial charge in [0.2, 0.25) is 20.2 Å². The number of aliphatic hydroxyl groups is 1. The maximum atomic E-state index is 16.4. The topological polar surface area (TPSA) is 112 Å². The third-order valence-corrected chi connectivity index (χ3v) is 12.6. The maximum Gasteiger partial charge on any atom is 0.264 e. The number of nitrogens with zero attached hydrogens (tertiary/aromatic N) is 3. The summed E-state index contributed by atoms with van der Waals surface area (Å²) in [6.07, 6.45) is -0.979. The Morgan fingerprint density at radius 3 is 2.49 bits per heavy atom. The van der Waals surface area contributed by atoms with E-state index in [2.05, 4.69) is 5.32 Å². The van der Waals surface area contributed by atoms with Gasteiger partial charge >= 0.3 is 0 Å². The number of anilines is 2. The molecule has 3 aliphatic heterocycles. The molecular formula is C37H45FN4O6Si. The van der Waals surface area contributed by atoms with E-state index >= 15 is 4.11 Å². The van der Waals surface area contributed by atoms with Crippen LogP contribution in [0.4, 0.5) is 15.5 Å². The molecule has 6 rings (SSSR count). The van der Waals surface area contributed by atoms with Crippen LogP contribution >= 0.6 is 0 Å². The Bertz CT molecular complexity index is 1690. The van der Waals surface area contributed by atoms with Gasteiger partial charge in [-0.2, -0.15) is 0 Å². The van der Waals surface area contributed by atoms with Crippen molar-refractivity contribution in [1.82, 2.24) is 10.2 Å². The predicted octanol–water partition coefficient (Wildman–Crippen LogP) is 4.36. The fraction of sp³-hybridized carbons (Fsp3) is 0.432. The molecule has 2 saturated heterocycles. The highest BCUT2D eigenvalue weighted by atomic mass is 28.4. The van der Waals surface area contributed by atoms with Gasteiger partial charge in [0.05, 0.1) is 45.0 Å². The summed E-state index contributed by atoms with van der Waals surface area (Å²) in [5.74, 6) is -0.612. The molecule has 49 heavy (non-hydrogen) atoms. The number of ether oxygens (including phenoxy) is 2.